The smallest absolute Gasteiger partial charge is 0.253 e. The Labute approximate surface area is 148 Å². The summed E-state index contributed by atoms with van der Waals surface area (Å²) < 4.78 is 28.5. The van der Waals surface area contributed by atoms with Crippen molar-refractivity contribution in [2.75, 3.05) is 19.3 Å². The van der Waals surface area contributed by atoms with Crippen molar-refractivity contribution in [2.45, 2.75) is 24.3 Å². The van der Waals surface area contributed by atoms with Gasteiger partial charge in [0.05, 0.1) is 4.90 Å². The van der Waals surface area contributed by atoms with Gasteiger partial charge < -0.3 is 9.64 Å². The molecule has 1 fully saturated rings. The minimum atomic E-state index is -3.20. The van der Waals surface area contributed by atoms with Gasteiger partial charge in [0.1, 0.15) is 12.4 Å². The normalized spacial score (nSPS) is 14.5. The fraction of sp³-hybridized carbons (Fsp3) is 0.316. The number of benzene rings is 2. The maximum absolute atomic E-state index is 12.3. The lowest BCUT2D eigenvalue weighted by Gasteiger charge is -2.15. The van der Waals surface area contributed by atoms with Crippen molar-refractivity contribution in [1.82, 2.24) is 4.90 Å². The van der Waals surface area contributed by atoms with Crippen molar-refractivity contribution in [2.24, 2.45) is 0 Å². The van der Waals surface area contributed by atoms with E-state index in [9.17, 15) is 13.2 Å². The first-order valence-electron chi connectivity index (χ1n) is 8.24. The van der Waals surface area contributed by atoms with Crippen LogP contribution < -0.4 is 4.74 Å². The van der Waals surface area contributed by atoms with E-state index < -0.39 is 9.84 Å². The molecular weight excluding hydrogens is 338 g/mol. The predicted molar refractivity (Wildman–Crippen MR) is 95.5 cm³/mol. The number of amides is 1. The molecule has 1 heterocycles. The Morgan fingerprint density at radius 3 is 2.16 bits per heavy atom. The van der Waals surface area contributed by atoms with Crippen molar-refractivity contribution in [3.8, 4) is 5.75 Å². The second kappa shape index (κ2) is 7.27. The molecule has 0 unspecified atom stereocenters. The summed E-state index contributed by atoms with van der Waals surface area (Å²) in [5, 5.41) is 0. The molecule has 0 spiro atoms. The van der Waals surface area contributed by atoms with E-state index in [1.54, 1.807) is 12.1 Å². The van der Waals surface area contributed by atoms with Crippen molar-refractivity contribution >= 4 is 15.7 Å². The van der Waals surface area contributed by atoms with Gasteiger partial charge in [0, 0.05) is 24.9 Å². The van der Waals surface area contributed by atoms with Crippen molar-refractivity contribution < 1.29 is 17.9 Å². The lowest BCUT2D eigenvalue weighted by Crippen LogP contribution is -2.27. The Balaban J connectivity index is 1.59. The van der Waals surface area contributed by atoms with Gasteiger partial charge in [0.25, 0.3) is 5.91 Å². The third kappa shape index (κ3) is 4.39. The highest BCUT2D eigenvalue weighted by atomic mass is 32.2. The van der Waals surface area contributed by atoms with E-state index in [0.717, 1.165) is 31.5 Å². The highest BCUT2D eigenvalue weighted by Gasteiger charge is 2.19. The fourth-order valence-electron chi connectivity index (χ4n) is 2.80. The lowest BCUT2D eigenvalue weighted by molar-refractivity contribution is 0.0792. The Morgan fingerprint density at radius 2 is 1.60 bits per heavy atom. The molecule has 1 aliphatic rings. The van der Waals surface area contributed by atoms with E-state index in [-0.39, 0.29) is 10.8 Å². The molecule has 1 aliphatic heterocycles. The summed E-state index contributed by atoms with van der Waals surface area (Å²) >= 11 is 0. The van der Waals surface area contributed by atoms with Crippen LogP contribution in [0.5, 0.6) is 5.75 Å². The SMILES string of the molecule is CS(=O)(=O)c1ccc(OCc2ccc(C(=O)N3CCCC3)cc2)cc1. The van der Waals surface area contributed by atoms with E-state index in [1.807, 2.05) is 29.2 Å². The Kier molecular flexibility index (Phi) is 5.08. The Bertz CT molecular complexity index is 836. The molecule has 6 heteroatoms. The second-order valence-electron chi connectivity index (χ2n) is 6.23. The van der Waals surface area contributed by atoms with E-state index in [4.69, 9.17) is 4.74 Å². The predicted octanol–water partition coefficient (Wildman–Crippen LogP) is 2.91. The van der Waals surface area contributed by atoms with Crippen molar-refractivity contribution in [1.29, 1.82) is 0 Å². The molecule has 2 aromatic carbocycles. The zero-order valence-corrected chi connectivity index (χ0v) is 15.0. The molecule has 0 saturated carbocycles. The number of carbonyl (C=O) groups is 1. The molecule has 1 amide bonds. The number of rotatable bonds is 5. The molecular formula is C19H21NO4S. The first-order chi connectivity index (χ1) is 11.9. The summed E-state index contributed by atoms with van der Waals surface area (Å²) in [5.41, 5.74) is 1.65. The largest absolute Gasteiger partial charge is 0.489 e. The third-order valence-electron chi connectivity index (χ3n) is 4.25. The van der Waals surface area contributed by atoms with Gasteiger partial charge in [-0.2, -0.15) is 0 Å². The van der Waals surface area contributed by atoms with Crippen LogP contribution in [0, 0.1) is 0 Å². The van der Waals surface area contributed by atoms with Crippen molar-refractivity contribution in [3.63, 3.8) is 0 Å². The summed E-state index contributed by atoms with van der Waals surface area (Å²) in [6.45, 7) is 2.04. The number of sulfone groups is 1. The average Bonchev–Trinajstić information content (AvgIpc) is 3.14. The summed E-state index contributed by atoms with van der Waals surface area (Å²) in [5.74, 6) is 0.686. The molecule has 2 aromatic rings. The van der Waals surface area contributed by atoms with Crippen LogP contribution in [0.4, 0.5) is 0 Å². The van der Waals surface area contributed by atoms with Gasteiger partial charge >= 0.3 is 0 Å². The molecule has 0 radical (unpaired) electrons. The molecule has 5 nitrogen and oxygen atoms in total. The van der Waals surface area contributed by atoms with E-state index in [1.165, 1.54) is 18.4 Å². The molecule has 1 saturated heterocycles. The highest BCUT2D eigenvalue weighted by molar-refractivity contribution is 7.90. The van der Waals surface area contributed by atoms with Gasteiger partial charge in [-0.15, -0.1) is 0 Å². The summed E-state index contributed by atoms with van der Waals surface area (Å²) in [6.07, 6.45) is 3.33. The van der Waals surface area contributed by atoms with Crippen LogP contribution in [0.1, 0.15) is 28.8 Å². The monoisotopic (exact) mass is 359 g/mol. The molecule has 25 heavy (non-hydrogen) atoms. The fourth-order valence-corrected chi connectivity index (χ4v) is 3.43. The minimum Gasteiger partial charge on any atom is -0.489 e. The average molecular weight is 359 g/mol. The van der Waals surface area contributed by atoms with Gasteiger partial charge in [-0.05, 0) is 54.8 Å². The highest BCUT2D eigenvalue weighted by Crippen LogP contribution is 2.18. The van der Waals surface area contributed by atoms with Gasteiger partial charge in [0.15, 0.2) is 9.84 Å². The third-order valence-corrected chi connectivity index (χ3v) is 5.38. The molecule has 132 valence electrons. The molecule has 0 N–H and O–H groups in total. The Morgan fingerprint density at radius 1 is 1.00 bits per heavy atom. The number of carbonyl (C=O) groups excluding carboxylic acids is 1. The van der Waals surface area contributed by atoms with Gasteiger partial charge in [-0.3, -0.25) is 4.79 Å². The van der Waals surface area contributed by atoms with Crippen molar-refractivity contribution in [3.05, 3.63) is 59.7 Å². The number of likely N-dealkylation sites (tertiary alicyclic amines) is 1. The molecule has 0 atom stereocenters. The van der Waals surface area contributed by atoms with Crippen LogP contribution in [-0.4, -0.2) is 38.6 Å². The summed E-state index contributed by atoms with van der Waals surface area (Å²) in [7, 11) is -3.20. The van der Waals surface area contributed by atoms with Gasteiger partial charge in [0.2, 0.25) is 0 Å². The maximum Gasteiger partial charge on any atom is 0.253 e. The molecule has 0 bridgehead atoms. The van der Waals surface area contributed by atoms with Crippen LogP contribution in [0.2, 0.25) is 0 Å². The minimum absolute atomic E-state index is 0.0846. The summed E-state index contributed by atoms with van der Waals surface area (Å²) in [4.78, 5) is 14.4. The first kappa shape index (κ1) is 17.5. The number of hydrogen-bond donors (Lipinski definition) is 0. The standard InChI is InChI=1S/C19H21NO4S/c1-25(22,23)18-10-8-17(9-11-18)24-14-15-4-6-16(7-5-15)19(21)20-12-2-3-13-20/h4-11H,2-3,12-14H2,1H3. The van der Waals surface area contributed by atoms with Crippen LogP contribution in [0.3, 0.4) is 0 Å². The van der Waals surface area contributed by atoms with E-state index in [0.29, 0.717) is 17.9 Å². The first-order valence-corrected chi connectivity index (χ1v) is 10.1. The van der Waals surface area contributed by atoms with Crippen LogP contribution in [0.25, 0.3) is 0 Å². The number of nitrogens with zero attached hydrogens (tertiary/aromatic N) is 1. The zero-order valence-electron chi connectivity index (χ0n) is 14.1. The lowest BCUT2D eigenvalue weighted by atomic mass is 10.1. The Hall–Kier alpha value is -2.34. The van der Waals surface area contributed by atoms with Crippen LogP contribution in [0.15, 0.2) is 53.4 Å². The van der Waals surface area contributed by atoms with E-state index >= 15 is 0 Å². The second-order valence-corrected chi connectivity index (χ2v) is 8.24. The maximum atomic E-state index is 12.3. The molecule has 3 rings (SSSR count). The number of hydrogen-bond acceptors (Lipinski definition) is 4. The topological polar surface area (TPSA) is 63.7 Å². The van der Waals surface area contributed by atoms with E-state index in [2.05, 4.69) is 0 Å². The number of ether oxygens (including phenoxy) is 1. The zero-order chi connectivity index (χ0) is 17.9. The summed E-state index contributed by atoms with van der Waals surface area (Å²) in [6, 6.07) is 13.8. The molecule has 0 aliphatic carbocycles. The quantitative estimate of drug-likeness (QED) is 0.823. The van der Waals surface area contributed by atoms with Crippen LogP contribution in [-0.2, 0) is 16.4 Å². The van der Waals surface area contributed by atoms with Crippen LogP contribution >= 0.6 is 0 Å². The molecule has 0 aromatic heterocycles. The van der Waals surface area contributed by atoms with Gasteiger partial charge in [-0.25, -0.2) is 8.42 Å². The van der Waals surface area contributed by atoms with Gasteiger partial charge in [-0.1, -0.05) is 12.1 Å².